The molecule has 6 rings (SSSR count). The average molecular weight is 470 g/mol. The van der Waals surface area contributed by atoms with E-state index in [2.05, 4.69) is 47.9 Å². The molecule has 35 heavy (non-hydrogen) atoms. The van der Waals surface area contributed by atoms with Gasteiger partial charge < -0.3 is 9.80 Å². The maximum absolute atomic E-state index is 13.2. The lowest BCUT2D eigenvalue weighted by atomic mass is 10.1. The Balaban J connectivity index is 1.21. The van der Waals surface area contributed by atoms with Crippen molar-refractivity contribution in [3.05, 3.63) is 73.5 Å². The van der Waals surface area contributed by atoms with Gasteiger partial charge in [-0.25, -0.2) is 23.9 Å². The van der Waals surface area contributed by atoms with Crippen LogP contribution in [0, 0.1) is 5.82 Å². The van der Waals surface area contributed by atoms with E-state index >= 15 is 0 Å². The van der Waals surface area contributed by atoms with E-state index < -0.39 is 0 Å². The first-order valence-corrected chi connectivity index (χ1v) is 11.5. The molecule has 9 nitrogen and oxygen atoms in total. The molecule has 10 heteroatoms. The van der Waals surface area contributed by atoms with Crippen molar-refractivity contribution in [2.45, 2.75) is 13.0 Å². The Kier molecular flexibility index (Phi) is 5.13. The van der Waals surface area contributed by atoms with E-state index in [0.717, 1.165) is 53.2 Å². The zero-order valence-electron chi connectivity index (χ0n) is 19.5. The number of fused-ring (bicyclic) bond motifs is 1. The summed E-state index contributed by atoms with van der Waals surface area (Å²) in [7, 11) is 1.91. The van der Waals surface area contributed by atoms with E-state index in [1.54, 1.807) is 35.5 Å². The summed E-state index contributed by atoms with van der Waals surface area (Å²) in [4.78, 5) is 18.3. The van der Waals surface area contributed by atoms with Gasteiger partial charge in [0.1, 0.15) is 17.7 Å². The molecule has 1 aromatic carbocycles. The summed E-state index contributed by atoms with van der Waals surface area (Å²) in [5.41, 5.74) is 4.82. The van der Waals surface area contributed by atoms with Crippen molar-refractivity contribution in [2.24, 2.45) is 7.05 Å². The number of hydrogen-bond donors (Lipinski definition) is 0. The molecular weight excluding hydrogens is 445 g/mol. The van der Waals surface area contributed by atoms with E-state index in [-0.39, 0.29) is 11.9 Å². The summed E-state index contributed by atoms with van der Waals surface area (Å²) in [6.07, 6.45) is 11.0. The van der Waals surface area contributed by atoms with Gasteiger partial charge in [0.25, 0.3) is 0 Å². The Morgan fingerprint density at radius 1 is 0.857 bits per heavy atom. The molecule has 1 fully saturated rings. The standard InChI is InChI=1S/C25H24FN9/c1-17-13-33(24-23-9-19(15-35(23)31-16-29-24)21-12-30-32(2)14-21)7-8-34(17)25-27-10-20(11-28-25)18-3-5-22(26)6-4-18/h3-6,9-12,14-17H,7-8,13H2,1-2H3/t17-/m1/s1. The highest BCUT2D eigenvalue weighted by Crippen LogP contribution is 2.28. The van der Waals surface area contributed by atoms with Crippen LogP contribution in [0.15, 0.2) is 67.6 Å². The first-order valence-electron chi connectivity index (χ1n) is 11.5. The molecule has 1 atom stereocenters. The van der Waals surface area contributed by atoms with Crippen LogP contribution in [0.25, 0.3) is 27.8 Å². The molecule has 1 saturated heterocycles. The van der Waals surface area contributed by atoms with Gasteiger partial charge in [-0.15, -0.1) is 0 Å². The molecule has 5 aromatic rings. The van der Waals surface area contributed by atoms with Crippen molar-refractivity contribution in [1.82, 2.24) is 34.3 Å². The first-order chi connectivity index (χ1) is 17.0. The summed E-state index contributed by atoms with van der Waals surface area (Å²) in [6.45, 7) is 4.50. The summed E-state index contributed by atoms with van der Waals surface area (Å²) in [5, 5.41) is 8.69. The molecule has 1 aliphatic rings. The Labute approximate surface area is 201 Å². The number of anilines is 2. The molecule has 4 aromatic heterocycles. The van der Waals surface area contributed by atoms with Crippen LogP contribution in [0.1, 0.15) is 6.92 Å². The lowest BCUT2D eigenvalue weighted by Crippen LogP contribution is -2.53. The molecule has 1 aliphatic heterocycles. The van der Waals surface area contributed by atoms with Crippen molar-refractivity contribution in [2.75, 3.05) is 29.4 Å². The van der Waals surface area contributed by atoms with Gasteiger partial charge in [-0.3, -0.25) is 4.68 Å². The highest BCUT2D eigenvalue weighted by molar-refractivity contribution is 5.77. The molecule has 0 radical (unpaired) electrons. The topological polar surface area (TPSA) is 80.3 Å². The highest BCUT2D eigenvalue weighted by Gasteiger charge is 2.27. The smallest absolute Gasteiger partial charge is 0.225 e. The summed E-state index contributed by atoms with van der Waals surface area (Å²) >= 11 is 0. The summed E-state index contributed by atoms with van der Waals surface area (Å²) in [6, 6.07) is 8.65. The van der Waals surface area contributed by atoms with Crippen LogP contribution in [-0.2, 0) is 7.05 Å². The number of hydrogen-bond acceptors (Lipinski definition) is 7. The monoisotopic (exact) mass is 469 g/mol. The van der Waals surface area contributed by atoms with Crippen LogP contribution in [0.2, 0.25) is 0 Å². The van der Waals surface area contributed by atoms with Crippen LogP contribution < -0.4 is 9.80 Å². The third kappa shape index (κ3) is 3.96. The van der Waals surface area contributed by atoms with E-state index in [4.69, 9.17) is 0 Å². The number of piperazine rings is 1. The van der Waals surface area contributed by atoms with Gasteiger partial charge in [-0.1, -0.05) is 12.1 Å². The van der Waals surface area contributed by atoms with Crippen LogP contribution in [0.5, 0.6) is 0 Å². The number of aromatic nitrogens is 7. The van der Waals surface area contributed by atoms with Gasteiger partial charge in [-0.05, 0) is 30.7 Å². The van der Waals surface area contributed by atoms with E-state index in [1.807, 2.05) is 30.2 Å². The summed E-state index contributed by atoms with van der Waals surface area (Å²) < 4.78 is 16.9. The van der Waals surface area contributed by atoms with Crippen molar-refractivity contribution >= 4 is 17.3 Å². The van der Waals surface area contributed by atoms with Gasteiger partial charge >= 0.3 is 0 Å². The molecule has 0 unspecified atom stereocenters. The molecule has 0 aliphatic carbocycles. The normalized spacial score (nSPS) is 16.3. The lowest BCUT2D eigenvalue weighted by molar-refractivity contribution is 0.537. The molecule has 0 N–H and O–H groups in total. The average Bonchev–Trinajstić information content (AvgIpc) is 3.51. The maximum atomic E-state index is 13.2. The third-order valence-corrected chi connectivity index (χ3v) is 6.42. The van der Waals surface area contributed by atoms with Crippen molar-refractivity contribution in [3.8, 4) is 22.3 Å². The van der Waals surface area contributed by atoms with Crippen LogP contribution in [0.4, 0.5) is 16.2 Å². The zero-order valence-corrected chi connectivity index (χ0v) is 19.5. The predicted octanol–water partition coefficient (Wildman–Crippen LogP) is 3.44. The Morgan fingerprint density at radius 2 is 1.66 bits per heavy atom. The fourth-order valence-electron chi connectivity index (χ4n) is 4.60. The van der Waals surface area contributed by atoms with Crippen LogP contribution >= 0.6 is 0 Å². The number of halogens is 1. The van der Waals surface area contributed by atoms with Gasteiger partial charge in [0, 0.05) is 74.2 Å². The minimum atomic E-state index is -0.257. The van der Waals surface area contributed by atoms with Gasteiger partial charge in [0.05, 0.1) is 6.20 Å². The molecule has 0 amide bonds. The highest BCUT2D eigenvalue weighted by atomic mass is 19.1. The van der Waals surface area contributed by atoms with Gasteiger partial charge in [-0.2, -0.15) is 10.2 Å². The second-order valence-electron chi connectivity index (χ2n) is 8.81. The molecule has 176 valence electrons. The number of aryl methyl sites for hydroxylation is 1. The van der Waals surface area contributed by atoms with Crippen LogP contribution in [-0.4, -0.2) is 60.0 Å². The quantitative estimate of drug-likeness (QED) is 0.399. The number of rotatable bonds is 4. The lowest BCUT2D eigenvalue weighted by Gasteiger charge is -2.40. The fraction of sp³-hybridized carbons (Fsp3) is 0.240. The van der Waals surface area contributed by atoms with Gasteiger partial charge in [0.2, 0.25) is 5.95 Å². The van der Waals surface area contributed by atoms with Crippen molar-refractivity contribution in [1.29, 1.82) is 0 Å². The Bertz CT molecular complexity index is 1470. The maximum Gasteiger partial charge on any atom is 0.225 e. The number of nitrogens with zero attached hydrogens (tertiary/aromatic N) is 9. The second kappa shape index (κ2) is 8.46. The molecule has 0 spiro atoms. The third-order valence-electron chi connectivity index (χ3n) is 6.42. The number of benzene rings is 1. The molecule has 0 bridgehead atoms. The summed E-state index contributed by atoms with van der Waals surface area (Å²) in [5.74, 6) is 1.35. The zero-order chi connectivity index (χ0) is 23.9. The first kappa shape index (κ1) is 21.2. The largest absolute Gasteiger partial charge is 0.351 e. The molecule has 5 heterocycles. The molecule has 0 saturated carbocycles. The second-order valence-corrected chi connectivity index (χ2v) is 8.81. The SMILES string of the molecule is C[C@@H]1CN(c2ncnn3cc(-c4cnn(C)c4)cc23)CCN1c1ncc(-c2ccc(F)cc2)cn1. The Morgan fingerprint density at radius 3 is 2.37 bits per heavy atom. The predicted molar refractivity (Wildman–Crippen MR) is 132 cm³/mol. The van der Waals surface area contributed by atoms with E-state index in [9.17, 15) is 4.39 Å². The Hall–Kier alpha value is -4.34. The van der Waals surface area contributed by atoms with Crippen molar-refractivity contribution < 1.29 is 4.39 Å². The van der Waals surface area contributed by atoms with E-state index in [0.29, 0.717) is 5.95 Å². The van der Waals surface area contributed by atoms with Crippen LogP contribution in [0.3, 0.4) is 0 Å². The fourth-order valence-corrected chi connectivity index (χ4v) is 4.60. The minimum Gasteiger partial charge on any atom is -0.351 e. The van der Waals surface area contributed by atoms with Crippen molar-refractivity contribution in [3.63, 3.8) is 0 Å². The van der Waals surface area contributed by atoms with Gasteiger partial charge in [0.15, 0.2) is 5.82 Å². The molecular formula is C25H24FN9. The minimum absolute atomic E-state index is 0.184. The van der Waals surface area contributed by atoms with E-state index in [1.165, 1.54) is 12.1 Å².